The summed E-state index contributed by atoms with van der Waals surface area (Å²) >= 11 is 0. The van der Waals surface area contributed by atoms with E-state index in [0.29, 0.717) is 53.3 Å². The number of aromatic amines is 1. The van der Waals surface area contributed by atoms with Gasteiger partial charge in [-0.15, -0.1) is 10.2 Å². The molecule has 2 aromatic carbocycles. The third kappa shape index (κ3) is 5.45. The van der Waals surface area contributed by atoms with Crippen molar-refractivity contribution < 1.29 is 13.6 Å². The summed E-state index contributed by atoms with van der Waals surface area (Å²) in [6.07, 6.45) is 4.89. The molecule has 1 fully saturated rings. The van der Waals surface area contributed by atoms with Gasteiger partial charge in [-0.1, -0.05) is 12.1 Å². The zero-order chi connectivity index (χ0) is 24.2. The highest BCUT2D eigenvalue weighted by Crippen LogP contribution is 2.33. The number of halogens is 1. The third-order valence-corrected chi connectivity index (χ3v) is 6.45. The Labute approximate surface area is 201 Å². The Balaban J connectivity index is 1.07. The van der Waals surface area contributed by atoms with E-state index in [0.717, 1.165) is 25.7 Å². The number of aromatic nitrogens is 4. The number of para-hydroxylation sites is 1. The molecule has 0 spiro atoms. The predicted octanol–water partition coefficient (Wildman–Crippen LogP) is 4.28. The molecule has 1 aliphatic carbocycles. The van der Waals surface area contributed by atoms with Crippen LogP contribution in [0.25, 0.3) is 22.4 Å². The summed E-state index contributed by atoms with van der Waals surface area (Å²) in [5, 5.41) is 12.0. The van der Waals surface area contributed by atoms with Gasteiger partial charge in [-0.2, -0.15) is 0 Å². The summed E-state index contributed by atoms with van der Waals surface area (Å²) in [5.41, 5.74) is 1.20. The van der Waals surface area contributed by atoms with E-state index in [1.54, 1.807) is 18.2 Å². The van der Waals surface area contributed by atoms with Crippen molar-refractivity contribution in [2.45, 2.75) is 56.9 Å². The average Bonchev–Trinajstić information content (AvgIpc) is 3.35. The largest absolute Gasteiger partial charge is 0.420 e. The van der Waals surface area contributed by atoms with Crippen molar-refractivity contribution in [3.05, 3.63) is 76.4 Å². The second kappa shape index (κ2) is 10.2. The van der Waals surface area contributed by atoms with E-state index >= 15 is 0 Å². The molecular formula is C26H26FN5O3. The van der Waals surface area contributed by atoms with Gasteiger partial charge >= 0.3 is 0 Å². The Morgan fingerprint density at radius 3 is 2.63 bits per heavy atom. The molecule has 5 rings (SSSR count). The number of carbonyl (C=O) groups excluding carboxylic acids is 1. The maximum atomic E-state index is 13.1. The summed E-state index contributed by atoms with van der Waals surface area (Å²) in [4.78, 5) is 31.9. The fraction of sp³-hybridized carbons (Fsp3) is 0.346. The molecule has 0 atom stereocenters. The molecule has 180 valence electrons. The highest BCUT2D eigenvalue weighted by Gasteiger charge is 2.27. The monoisotopic (exact) mass is 475 g/mol. The van der Waals surface area contributed by atoms with Crippen LogP contribution in [0.4, 0.5) is 4.39 Å². The zero-order valence-electron chi connectivity index (χ0n) is 19.2. The number of amides is 1. The second-order valence-corrected chi connectivity index (χ2v) is 8.95. The number of fused-ring (bicyclic) bond motifs is 1. The third-order valence-electron chi connectivity index (χ3n) is 6.45. The maximum absolute atomic E-state index is 13.1. The number of H-pyrrole nitrogens is 1. The SMILES string of the molecule is O=C(CCCc1nc2ccccc2c(=O)[nH]1)N[C@H]1CC[C@H](c2nnc(-c3ccc(F)cc3)o2)CC1. The average molecular weight is 476 g/mol. The fourth-order valence-corrected chi connectivity index (χ4v) is 4.56. The van der Waals surface area contributed by atoms with E-state index in [1.165, 1.54) is 12.1 Å². The molecule has 9 heteroatoms. The lowest BCUT2D eigenvalue weighted by molar-refractivity contribution is -0.122. The number of aryl methyl sites for hydroxylation is 1. The van der Waals surface area contributed by atoms with Crippen LogP contribution in [0.5, 0.6) is 0 Å². The molecule has 1 saturated carbocycles. The minimum absolute atomic E-state index is 0.00738. The maximum Gasteiger partial charge on any atom is 0.258 e. The highest BCUT2D eigenvalue weighted by molar-refractivity contribution is 5.77. The molecule has 1 aliphatic rings. The molecule has 1 amide bonds. The molecule has 0 unspecified atom stereocenters. The summed E-state index contributed by atoms with van der Waals surface area (Å²) in [5.74, 6) is 1.42. The molecule has 0 aliphatic heterocycles. The van der Waals surface area contributed by atoms with Crippen LogP contribution in [-0.2, 0) is 11.2 Å². The quantitative estimate of drug-likeness (QED) is 0.413. The van der Waals surface area contributed by atoms with Crippen molar-refractivity contribution >= 4 is 16.8 Å². The molecule has 4 aromatic rings. The number of rotatable bonds is 7. The summed E-state index contributed by atoms with van der Waals surface area (Å²) in [6.45, 7) is 0. The Morgan fingerprint density at radius 1 is 1.06 bits per heavy atom. The van der Waals surface area contributed by atoms with Crippen molar-refractivity contribution in [2.24, 2.45) is 0 Å². The van der Waals surface area contributed by atoms with Gasteiger partial charge in [0.1, 0.15) is 11.6 Å². The zero-order valence-corrected chi connectivity index (χ0v) is 19.2. The lowest BCUT2D eigenvalue weighted by Gasteiger charge is -2.27. The number of hydrogen-bond donors (Lipinski definition) is 2. The van der Waals surface area contributed by atoms with Crippen LogP contribution in [0, 0.1) is 5.82 Å². The molecule has 8 nitrogen and oxygen atoms in total. The van der Waals surface area contributed by atoms with Crippen LogP contribution in [0.1, 0.15) is 56.2 Å². The van der Waals surface area contributed by atoms with Crippen LogP contribution in [0.3, 0.4) is 0 Å². The first kappa shape index (κ1) is 22.9. The highest BCUT2D eigenvalue weighted by atomic mass is 19.1. The van der Waals surface area contributed by atoms with Gasteiger partial charge in [0.25, 0.3) is 5.56 Å². The summed E-state index contributed by atoms with van der Waals surface area (Å²) < 4.78 is 19.0. The molecule has 35 heavy (non-hydrogen) atoms. The van der Waals surface area contributed by atoms with Crippen molar-refractivity contribution in [3.8, 4) is 11.5 Å². The first-order chi connectivity index (χ1) is 17.0. The molecular weight excluding hydrogens is 449 g/mol. The molecule has 0 saturated heterocycles. The predicted molar refractivity (Wildman–Crippen MR) is 128 cm³/mol. The number of carbonyl (C=O) groups is 1. The molecule has 2 heterocycles. The summed E-state index contributed by atoms with van der Waals surface area (Å²) in [7, 11) is 0. The number of hydrogen-bond acceptors (Lipinski definition) is 6. The van der Waals surface area contributed by atoms with E-state index in [2.05, 4.69) is 25.5 Å². The van der Waals surface area contributed by atoms with Gasteiger partial charge in [-0.3, -0.25) is 9.59 Å². The van der Waals surface area contributed by atoms with Crippen LogP contribution in [0.15, 0.2) is 57.7 Å². The van der Waals surface area contributed by atoms with Crippen LogP contribution >= 0.6 is 0 Å². The minimum atomic E-state index is -0.311. The van der Waals surface area contributed by atoms with Crippen LogP contribution in [0.2, 0.25) is 0 Å². The van der Waals surface area contributed by atoms with Crippen molar-refractivity contribution in [1.29, 1.82) is 0 Å². The van der Waals surface area contributed by atoms with Crippen molar-refractivity contribution in [2.75, 3.05) is 0 Å². The van der Waals surface area contributed by atoms with E-state index < -0.39 is 0 Å². The van der Waals surface area contributed by atoms with Gasteiger partial charge in [-0.25, -0.2) is 9.37 Å². The Kier molecular flexibility index (Phi) is 6.65. The first-order valence-electron chi connectivity index (χ1n) is 11.9. The van der Waals surface area contributed by atoms with Gasteiger partial charge in [-0.05, 0) is 68.5 Å². The number of benzene rings is 2. The van der Waals surface area contributed by atoms with Gasteiger partial charge in [0.2, 0.25) is 17.7 Å². The normalized spacial score (nSPS) is 18.0. The Hall–Kier alpha value is -3.88. The Bertz CT molecular complexity index is 1370. The second-order valence-electron chi connectivity index (χ2n) is 8.95. The van der Waals surface area contributed by atoms with Gasteiger partial charge in [0, 0.05) is 30.4 Å². The number of nitrogens with one attached hydrogen (secondary N) is 2. The topological polar surface area (TPSA) is 114 Å². The summed E-state index contributed by atoms with van der Waals surface area (Å²) in [6, 6.07) is 13.3. The standard InChI is InChI=1S/C26H26FN5O3/c27-18-12-8-16(9-13-18)25-31-32-26(35-25)17-10-14-19(15-11-17)28-23(33)7-3-6-22-29-21-5-2-1-4-20(21)24(34)30-22/h1-2,4-5,8-9,12-13,17,19H,3,6-7,10-11,14-15H2,(H,28,33)(H,29,30,34)/t17-,19-. The minimum Gasteiger partial charge on any atom is -0.420 e. The van der Waals surface area contributed by atoms with Crippen molar-refractivity contribution in [1.82, 2.24) is 25.5 Å². The van der Waals surface area contributed by atoms with Crippen LogP contribution in [-0.4, -0.2) is 32.1 Å². The Morgan fingerprint density at radius 2 is 1.83 bits per heavy atom. The van der Waals surface area contributed by atoms with E-state index in [1.807, 2.05) is 18.2 Å². The van der Waals surface area contributed by atoms with Gasteiger partial charge in [0.15, 0.2) is 0 Å². The van der Waals surface area contributed by atoms with E-state index in [4.69, 9.17) is 4.42 Å². The molecule has 2 aromatic heterocycles. The van der Waals surface area contributed by atoms with Crippen molar-refractivity contribution in [3.63, 3.8) is 0 Å². The van der Waals surface area contributed by atoms with Gasteiger partial charge < -0.3 is 14.7 Å². The van der Waals surface area contributed by atoms with Gasteiger partial charge in [0.05, 0.1) is 10.9 Å². The smallest absolute Gasteiger partial charge is 0.258 e. The van der Waals surface area contributed by atoms with E-state index in [-0.39, 0.29) is 29.2 Å². The lowest BCUT2D eigenvalue weighted by atomic mass is 9.86. The molecule has 0 bridgehead atoms. The molecule has 0 radical (unpaired) electrons. The van der Waals surface area contributed by atoms with Crippen LogP contribution < -0.4 is 10.9 Å². The fourth-order valence-electron chi connectivity index (χ4n) is 4.56. The van der Waals surface area contributed by atoms with E-state index in [9.17, 15) is 14.0 Å². The lowest BCUT2D eigenvalue weighted by Crippen LogP contribution is -2.37. The molecule has 2 N–H and O–H groups in total. The first-order valence-corrected chi connectivity index (χ1v) is 11.9. The number of nitrogens with zero attached hydrogens (tertiary/aromatic N) is 3.